The van der Waals surface area contributed by atoms with Gasteiger partial charge in [0.05, 0.1) is 53.3 Å². The number of carbonyl (C=O) groups excluding carboxylic acids is 3. The number of amides is 3. The van der Waals surface area contributed by atoms with Crippen molar-refractivity contribution in [2.75, 3.05) is 65.4 Å². The van der Waals surface area contributed by atoms with Gasteiger partial charge in [0.25, 0.3) is 11.8 Å². The van der Waals surface area contributed by atoms with E-state index in [-0.39, 0.29) is 17.7 Å². The Balaban J connectivity index is 1.08. The Hall–Kier alpha value is -4.57. The first-order valence-corrected chi connectivity index (χ1v) is 17.7. The minimum absolute atomic E-state index is 0.146. The minimum atomic E-state index is -0.203. The number of nitriles is 1. The van der Waals surface area contributed by atoms with E-state index in [1.807, 2.05) is 4.90 Å². The van der Waals surface area contributed by atoms with Gasteiger partial charge in [-0.2, -0.15) is 5.26 Å². The Kier molecular flexibility index (Phi) is 12.6. The number of piperazine rings is 1. The van der Waals surface area contributed by atoms with Gasteiger partial charge in [-0.1, -0.05) is 29.6 Å². The molecule has 1 N–H and O–H groups in total. The van der Waals surface area contributed by atoms with E-state index in [2.05, 4.69) is 21.3 Å². The number of pyridine rings is 1. The summed E-state index contributed by atoms with van der Waals surface area (Å²) in [6.45, 7) is 7.98. The van der Waals surface area contributed by atoms with E-state index in [0.29, 0.717) is 105 Å². The van der Waals surface area contributed by atoms with Gasteiger partial charge >= 0.3 is 0 Å². The number of anilines is 2. The predicted octanol–water partition coefficient (Wildman–Crippen LogP) is 6.35. The maximum atomic E-state index is 12.8. The van der Waals surface area contributed by atoms with Crippen molar-refractivity contribution < 1.29 is 28.6 Å². The summed E-state index contributed by atoms with van der Waals surface area (Å²) in [5.74, 6) is 1.21. The molecule has 0 aliphatic carbocycles. The highest BCUT2D eigenvalue weighted by molar-refractivity contribution is 6.37. The Bertz CT molecular complexity index is 1860. The zero-order chi connectivity index (χ0) is 36.7. The summed E-state index contributed by atoms with van der Waals surface area (Å²) < 4.78 is 17.1. The molecule has 0 bridgehead atoms. The van der Waals surface area contributed by atoms with Gasteiger partial charge in [-0.05, 0) is 45.2 Å². The molecule has 0 unspecified atom stereocenters. The number of nitrogens with one attached hydrogen (secondary N) is 1. The van der Waals surface area contributed by atoms with E-state index in [1.165, 1.54) is 18.2 Å². The van der Waals surface area contributed by atoms with Crippen molar-refractivity contribution in [3.63, 3.8) is 0 Å². The number of fused-ring (bicyclic) bond motifs is 1. The van der Waals surface area contributed by atoms with Crippen molar-refractivity contribution in [2.24, 2.45) is 0 Å². The second-order valence-corrected chi connectivity index (χ2v) is 13.3. The van der Waals surface area contributed by atoms with Crippen LogP contribution in [0.2, 0.25) is 10.0 Å². The minimum Gasteiger partial charge on any atom is -0.495 e. The molecule has 3 amide bonds. The molecule has 14 heteroatoms. The van der Waals surface area contributed by atoms with Crippen molar-refractivity contribution in [1.82, 2.24) is 19.7 Å². The monoisotopic (exact) mass is 736 g/mol. The first kappa shape index (κ1) is 37.7. The second-order valence-electron chi connectivity index (χ2n) is 12.5. The summed E-state index contributed by atoms with van der Waals surface area (Å²) in [5.41, 5.74) is 2.98. The summed E-state index contributed by atoms with van der Waals surface area (Å²) in [6.07, 6.45) is 4.94. The predicted molar refractivity (Wildman–Crippen MR) is 196 cm³/mol. The molecular formula is C37H42Cl2N6O6. The fourth-order valence-corrected chi connectivity index (χ4v) is 6.71. The Morgan fingerprint density at radius 3 is 2.25 bits per heavy atom. The SMILES string of the molecule is COc1cc(Nc2c(C#N)cnc3cc(OCCCN4CCN(C(=O)CCCCCN5C(=O)C(C)=C(C)C5=O)CC4)c(OC)cc23)c(Cl)cc1Cl. The number of unbranched alkanes of at least 4 members (excludes halogenated alkanes) is 2. The molecule has 3 aromatic rings. The first-order valence-electron chi connectivity index (χ1n) is 16.9. The average Bonchev–Trinajstić information content (AvgIpc) is 3.31. The zero-order valence-corrected chi connectivity index (χ0v) is 30.8. The molecule has 2 aliphatic heterocycles. The Morgan fingerprint density at radius 2 is 1.59 bits per heavy atom. The topological polar surface area (TPSA) is 137 Å². The third-order valence-corrected chi connectivity index (χ3v) is 9.95. The van der Waals surface area contributed by atoms with Crippen LogP contribution in [-0.4, -0.2) is 97.5 Å². The van der Waals surface area contributed by atoms with Gasteiger partial charge in [0.15, 0.2) is 11.5 Å². The number of hydrogen-bond acceptors (Lipinski definition) is 10. The molecule has 0 saturated carbocycles. The third-order valence-electron chi connectivity index (χ3n) is 9.34. The van der Waals surface area contributed by atoms with Crippen molar-refractivity contribution in [3.8, 4) is 23.3 Å². The summed E-state index contributed by atoms with van der Waals surface area (Å²) in [5, 5.41) is 14.5. The number of halogens is 2. The molecule has 2 aliphatic rings. The number of ether oxygens (including phenoxy) is 3. The van der Waals surface area contributed by atoms with Crippen molar-refractivity contribution in [3.05, 3.63) is 57.2 Å². The van der Waals surface area contributed by atoms with Crippen LogP contribution in [0.3, 0.4) is 0 Å². The lowest BCUT2D eigenvalue weighted by atomic mass is 10.1. The third kappa shape index (κ3) is 8.67. The van der Waals surface area contributed by atoms with E-state index < -0.39 is 0 Å². The molecule has 2 aromatic carbocycles. The first-order chi connectivity index (χ1) is 24.6. The Morgan fingerprint density at radius 1 is 0.882 bits per heavy atom. The standard InChI is InChI=1S/C37H42Cl2N6O6/c1-23-24(2)37(48)45(36(23)47)11-7-5-6-9-34(46)44-14-12-43(13-15-44)10-8-16-51-33-19-29-26(17-32(33)50-4)35(25(21-40)22-41-29)42-30-20-31(49-3)28(39)18-27(30)38/h17-20,22H,5-16H2,1-4H3,(H,41,42). The molecule has 270 valence electrons. The lowest BCUT2D eigenvalue weighted by Crippen LogP contribution is -2.48. The van der Waals surface area contributed by atoms with E-state index in [0.717, 1.165) is 38.9 Å². The number of nitrogens with zero attached hydrogens (tertiary/aromatic N) is 5. The van der Waals surface area contributed by atoms with Gasteiger partial charge in [0.1, 0.15) is 11.8 Å². The lowest BCUT2D eigenvalue weighted by molar-refractivity contribution is -0.138. The molecule has 3 heterocycles. The highest BCUT2D eigenvalue weighted by Crippen LogP contribution is 2.40. The largest absolute Gasteiger partial charge is 0.495 e. The average molecular weight is 738 g/mol. The summed E-state index contributed by atoms with van der Waals surface area (Å²) in [7, 11) is 3.07. The van der Waals surface area contributed by atoms with Crippen molar-refractivity contribution in [1.29, 1.82) is 5.26 Å². The molecule has 1 saturated heterocycles. The molecular weight excluding hydrogens is 695 g/mol. The molecule has 51 heavy (non-hydrogen) atoms. The van der Waals surface area contributed by atoms with E-state index in [4.69, 9.17) is 37.4 Å². The highest BCUT2D eigenvalue weighted by atomic mass is 35.5. The number of hydrogen-bond donors (Lipinski definition) is 1. The van der Waals surface area contributed by atoms with Crippen molar-refractivity contribution >= 4 is 63.2 Å². The quantitative estimate of drug-likeness (QED) is 0.139. The van der Waals surface area contributed by atoms with Gasteiger partial charge in [0, 0.05) is 80.6 Å². The number of methoxy groups -OCH3 is 2. The van der Waals surface area contributed by atoms with Crippen molar-refractivity contribution in [2.45, 2.75) is 46.0 Å². The summed E-state index contributed by atoms with van der Waals surface area (Å²) in [6, 6.07) is 9.00. The van der Waals surface area contributed by atoms with Gasteiger partial charge in [-0.3, -0.25) is 29.2 Å². The van der Waals surface area contributed by atoms with Gasteiger partial charge in [0.2, 0.25) is 5.91 Å². The molecule has 5 rings (SSSR count). The lowest BCUT2D eigenvalue weighted by Gasteiger charge is -2.34. The molecule has 0 radical (unpaired) electrons. The maximum Gasteiger partial charge on any atom is 0.256 e. The van der Waals surface area contributed by atoms with Crippen LogP contribution < -0.4 is 19.5 Å². The summed E-state index contributed by atoms with van der Waals surface area (Å²) >= 11 is 12.7. The molecule has 1 aromatic heterocycles. The van der Waals surface area contributed by atoms with Gasteiger partial charge in [-0.25, -0.2) is 0 Å². The zero-order valence-electron chi connectivity index (χ0n) is 29.3. The van der Waals surface area contributed by atoms with E-state index in [1.54, 1.807) is 45.2 Å². The number of aromatic nitrogens is 1. The number of imide groups is 1. The molecule has 0 spiro atoms. The van der Waals surface area contributed by atoms with Crippen LogP contribution in [0.25, 0.3) is 10.9 Å². The fraction of sp³-hybridized carbons (Fsp3) is 0.432. The van der Waals surface area contributed by atoms with Gasteiger partial charge in [-0.15, -0.1) is 0 Å². The second kappa shape index (κ2) is 17.1. The highest BCUT2D eigenvalue weighted by Gasteiger charge is 2.32. The van der Waals surface area contributed by atoms with Crippen LogP contribution in [0.5, 0.6) is 17.2 Å². The van der Waals surface area contributed by atoms with Crippen LogP contribution >= 0.6 is 23.2 Å². The molecule has 12 nitrogen and oxygen atoms in total. The van der Waals surface area contributed by atoms with E-state index in [9.17, 15) is 19.6 Å². The summed E-state index contributed by atoms with van der Waals surface area (Å²) in [4.78, 5) is 47.3. The Labute approximate surface area is 307 Å². The van der Waals surface area contributed by atoms with Crippen LogP contribution in [0.4, 0.5) is 11.4 Å². The molecule has 1 fully saturated rings. The van der Waals surface area contributed by atoms with Crippen LogP contribution in [0.1, 0.15) is 51.5 Å². The van der Waals surface area contributed by atoms with Crippen LogP contribution in [0, 0.1) is 11.3 Å². The van der Waals surface area contributed by atoms with E-state index >= 15 is 0 Å². The number of benzene rings is 2. The molecule has 0 atom stereocenters. The van der Waals surface area contributed by atoms with Crippen LogP contribution in [0.15, 0.2) is 41.6 Å². The number of rotatable bonds is 15. The maximum absolute atomic E-state index is 12.8. The smallest absolute Gasteiger partial charge is 0.256 e. The van der Waals surface area contributed by atoms with Gasteiger partial charge < -0.3 is 24.4 Å². The van der Waals surface area contributed by atoms with Crippen LogP contribution in [-0.2, 0) is 14.4 Å². The number of carbonyl (C=O) groups is 3. The normalized spacial score (nSPS) is 15.1. The fourth-order valence-electron chi connectivity index (χ4n) is 6.20.